The number of nitrogens with one attached hydrogen (secondary N) is 1. The predicted molar refractivity (Wildman–Crippen MR) is 123 cm³/mol. The fourth-order valence-electron chi connectivity index (χ4n) is 4.19. The molecular weight excluding hydrogens is 420 g/mol. The van der Waals surface area contributed by atoms with E-state index < -0.39 is 5.60 Å². The summed E-state index contributed by atoms with van der Waals surface area (Å²) in [5.41, 5.74) is 1.08. The van der Waals surface area contributed by atoms with Crippen molar-refractivity contribution in [1.29, 1.82) is 0 Å². The minimum absolute atomic E-state index is 0.164. The van der Waals surface area contributed by atoms with Crippen LogP contribution in [-0.2, 0) is 17.9 Å². The molecular formula is C24H28N6O3. The van der Waals surface area contributed by atoms with Crippen LogP contribution in [0.3, 0.4) is 0 Å². The van der Waals surface area contributed by atoms with Gasteiger partial charge < -0.3 is 15.3 Å². The highest BCUT2D eigenvalue weighted by Crippen LogP contribution is 2.21. The van der Waals surface area contributed by atoms with E-state index in [0.717, 1.165) is 5.56 Å². The molecule has 1 atom stereocenters. The van der Waals surface area contributed by atoms with E-state index in [9.17, 15) is 14.7 Å². The molecule has 1 aliphatic heterocycles. The Balaban J connectivity index is 1.54. The highest BCUT2D eigenvalue weighted by atomic mass is 16.3. The first-order valence-electron chi connectivity index (χ1n) is 10.9. The first-order valence-corrected chi connectivity index (χ1v) is 10.9. The second-order valence-electron chi connectivity index (χ2n) is 8.50. The van der Waals surface area contributed by atoms with Crippen molar-refractivity contribution in [2.75, 3.05) is 31.5 Å². The molecule has 0 aliphatic carbocycles. The van der Waals surface area contributed by atoms with Crippen LogP contribution in [0.2, 0.25) is 0 Å². The summed E-state index contributed by atoms with van der Waals surface area (Å²) < 4.78 is 1.59. The predicted octanol–water partition coefficient (Wildman–Crippen LogP) is 1.63. The zero-order valence-corrected chi connectivity index (χ0v) is 18.6. The molecule has 2 amide bonds. The highest BCUT2D eigenvalue weighted by molar-refractivity contribution is 5.95. The Morgan fingerprint density at radius 2 is 1.82 bits per heavy atom. The second-order valence-corrected chi connectivity index (χ2v) is 8.50. The Kier molecular flexibility index (Phi) is 6.81. The first kappa shape index (κ1) is 22.6. The molecule has 4 rings (SSSR count). The standard InChI is InChI=1S/C24H28N6O3/c1-19(31)27-22-9-7-21(8-10-22)23(32)29-12-11-28(13-20-5-3-2-4-6-20)14-24(33,15-29)16-30-18-25-17-26-30/h2-10,17-18,33H,11-16H2,1H3,(H,27,31). The number of rotatable bonds is 6. The SMILES string of the molecule is CC(=O)Nc1ccc(C(=O)N2CCN(Cc3ccccc3)CC(O)(Cn3cncn3)C2)cc1. The number of aliphatic hydroxyl groups is 1. The van der Waals surface area contributed by atoms with Gasteiger partial charge in [0.15, 0.2) is 0 Å². The minimum Gasteiger partial charge on any atom is -0.385 e. The Morgan fingerprint density at radius 1 is 1.06 bits per heavy atom. The molecule has 1 saturated heterocycles. The third-order valence-corrected chi connectivity index (χ3v) is 5.60. The molecule has 0 radical (unpaired) electrons. The van der Waals surface area contributed by atoms with Gasteiger partial charge in [0, 0.05) is 44.4 Å². The third-order valence-electron chi connectivity index (χ3n) is 5.60. The number of benzene rings is 2. The van der Waals surface area contributed by atoms with Gasteiger partial charge in [0.1, 0.15) is 18.3 Å². The largest absolute Gasteiger partial charge is 0.385 e. The average Bonchev–Trinajstić information content (AvgIpc) is 3.23. The van der Waals surface area contributed by atoms with Crippen LogP contribution in [0.1, 0.15) is 22.8 Å². The number of β-amino-alcohol motifs (C(OH)–C–C–N with tert-alkyl or cyclic N) is 1. The molecule has 1 unspecified atom stereocenters. The first-order chi connectivity index (χ1) is 15.9. The molecule has 0 bridgehead atoms. The second kappa shape index (κ2) is 9.93. The molecule has 1 aliphatic rings. The number of carbonyl (C=O) groups is 2. The van der Waals surface area contributed by atoms with Crippen molar-refractivity contribution < 1.29 is 14.7 Å². The van der Waals surface area contributed by atoms with Crippen molar-refractivity contribution in [1.82, 2.24) is 24.6 Å². The number of nitrogens with zero attached hydrogens (tertiary/aromatic N) is 5. The van der Waals surface area contributed by atoms with Crippen LogP contribution in [0.4, 0.5) is 5.69 Å². The molecule has 2 heterocycles. The average molecular weight is 449 g/mol. The van der Waals surface area contributed by atoms with Gasteiger partial charge in [0.25, 0.3) is 5.91 Å². The minimum atomic E-state index is -1.20. The van der Waals surface area contributed by atoms with Crippen LogP contribution in [0.5, 0.6) is 0 Å². The zero-order chi connectivity index (χ0) is 23.3. The highest BCUT2D eigenvalue weighted by Gasteiger charge is 2.37. The fourth-order valence-corrected chi connectivity index (χ4v) is 4.19. The summed E-state index contributed by atoms with van der Waals surface area (Å²) >= 11 is 0. The van der Waals surface area contributed by atoms with E-state index in [1.54, 1.807) is 40.2 Å². The van der Waals surface area contributed by atoms with Gasteiger partial charge in [-0.2, -0.15) is 5.10 Å². The van der Waals surface area contributed by atoms with Crippen molar-refractivity contribution >= 4 is 17.5 Å². The van der Waals surface area contributed by atoms with E-state index in [0.29, 0.717) is 37.4 Å². The van der Waals surface area contributed by atoms with Crippen LogP contribution < -0.4 is 5.32 Å². The van der Waals surface area contributed by atoms with E-state index in [1.807, 2.05) is 18.2 Å². The van der Waals surface area contributed by atoms with Crippen LogP contribution in [-0.4, -0.2) is 73.3 Å². The van der Waals surface area contributed by atoms with Gasteiger partial charge in [-0.25, -0.2) is 9.67 Å². The summed E-state index contributed by atoms with van der Waals surface area (Å²) in [4.78, 5) is 32.4. The lowest BCUT2D eigenvalue weighted by molar-refractivity contribution is -0.114. The maximum Gasteiger partial charge on any atom is 0.253 e. The van der Waals surface area contributed by atoms with Crippen LogP contribution >= 0.6 is 0 Å². The van der Waals surface area contributed by atoms with Gasteiger partial charge in [-0.1, -0.05) is 30.3 Å². The molecule has 1 aromatic heterocycles. The summed E-state index contributed by atoms with van der Waals surface area (Å²) in [6.07, 6.45) is 3.00. The normalized spacial score (nSPS) is 19.2. The molecule has 2 aromatic carbocycles. The number of hydrogen-bond acceptors (Lipinski definition) is 6. The summed E-state index contributed by atoms with van der Waals surface area (Å²) in [5.74, 6) is -0.332. The van der Waals surface area contributed by atoms with E-state index in [4.69, 9.17) is 0 Å². The summed E-state index contributed by atoms with van der Waals surface area (Å²) in [5, 5.41) is 18.5. The van der Waals surface area contributed by atoms with Gasteiger partial charge in [-0.3, -0.25) is 14.5 Å². The molecule has 3 aromatic rings. The summed E-state index contributed by atoms with van der Waals surface area (Å²) in [6.45, 7) is 4.02. The van der Waals surface area contributed by atoms with Crippen molar-refractivity contribution in [2.24, 2.45) is 0 Å². The molecule has 172 valence electrons. The number of carbonyl (C=O) groups excluding carboxylic acids is 2. The van der Waals surface area contributed by atoms with Crippen molar-refractivity contribution in [3.63, 3.8) is 0 Å². The summed E-state index contributed by atoms with van der Waals surface area (Å²) in [7, 11) is 0. The molecule has 0 saturated carbocycles. The third kappa shape index (κ3) is 6.03. The number of hydrogen-bond donors (Lipinski definition) is 2. The smallest absolute Gasteiger partial charge is 0.253 e. The quantitative estimate of drug-likeness (QED) is 0.594. The van der Waals surface area contributed by atoms with Gasteiger partial charge in [-0.05, 0) is 29.8 Å². The number of anilines is 1. The Bertz CT molecular complexity index is 1070. The van der Waals surface area contributed by atoms with E-state index in [2.05, 4.69) is 32.4 Å². The lowest BCUT2D eigenvalue weighted by Gasteiger charge is -2.33. The lowest BCUT2D eigenvalue weighted by atomic mass is 10.0. The van der Waals surface area contributed by atoms with Crippen molar-refractivity contribution in [3.05, 3.63) is 78.4 Å². The number of aromatic nitrogens is 3. The van der Waals surface area contributed by atoms with Crippen LogP contribution in [0.15, 0.2) is 67.3 Å². The molecule has 33 heavy (non-hydrogen) atoms. The van der Waals surface area contributed by atoms with E-state index >= 15 is 0 Å². The van der Waals surface area contributed by atoms with Crippen molar-refractivity contribution in [3.8, 4) is 0 Å². The van der Waals surface area contributed by atoms with Crippen LogP contribution in [0.25, 0.3) is 0 Å². The topological polar surface area (TPSA) is 104 Å². The van der Waals surface area contributed by atoms with E-state index in [1.165, 1.54) is 13.3 Å². The Hall–Kier alpha value is -3.56. The van der Waals surface area contributed by atoms with Gasteiger partial charge in [0.05, 0.1) is 13.1 Å². The van der Waals surface area contributed by atoms with Gasteiger partial charge in [0.2, 0.25) is 5.91 Å². The Morgan fingerprint density at radius 3 is 2.48 bits per heavy atom. The molecule has 1 fully saturated rings. The van der Waals surface area contributed by atoms with Crippen LogP contribution in [0, 0.1) is 0 Å². The van der Waals surface area contributed by atoms with E-state index in [-0.39, 0.29) is 24.9 Å². The lowest BCUT2D eigenvalue weighted by Crippen LogP contribution is -2.51. The molecule has 2 N–H and O–H groups in total. The fraction of sp³-hybridized carbons (Fsp3) is 0.333. The summed E-state index contributed by atoms with van der Waals surface area (Å²) in [6, 6.07) is 16.9. The monoisotopic (exact) mass is 448 g/mol. The van der Waals surface area contributed by atoms with Gasteiger partial charge in [-0.15, -0.1) is 0 Å². The molecule has 9 heteroatoms. The maximum absolute atomic E-state index is 13.3. The molecule has 0 spiro atoms. The maximum atomic E-state index is 13.3. The zero-order valence-electron chi connectivity index (χ0n) is 18.6. The number of amides is 2. The molecule has 9 nitrogen and oxygen atoms in total. The van der Waals surface area contributed by atoms with Crippen molar-refractivity contribution in [2.45, 2.75) is 25.6 Å². The Labute approximate surface area is 192 Å². The van der Waals surface area contributed by atoms with Gasteiger partial charge >= 0.3 is 0 Å².